The van der Waals surface area contributed by atoms with E-state index in [-0.39, 0.29) is 12.6 Å². The smallest absolute Gasteiger partial charge is 0.342 e. The van der Waals surface area contributed by atoms with Gasteiger partial charge in [-0.2, -0.15) is 5.10 Å². The van der Waals surface area contributed by atoms with E-state index in [4.69, 9.17) is 9.84 Å². The predicted octanol–water partition coefficient (Wildman–Crippen LogP) is 5.59. The van der Waals surface area contributed by atoms with Gasteiger partial charge in [-0.15, -0.1) is 0 Å². The molecule has 1 aliphatic carbocycles. The lowest BCUT2D eigenvalue weighted by Gasteiger charge is -2.20. The lowest BCUT2D eigenvalue weighted by atomic mass is 9.85. The first-order valence-corrected chi connectivity index (χ1v) is 10.1. The molecule has 1 heterocycles. The Morgan fingerprint density at radius 1 is 1.00 bits per heavy atom. The zero-order valence-electron chi connectivity index (χ0n) is 16.3. The van der Waals surface area contributed by atoms with Gasteiger partial charge in [-0.1, -0.05) is 67.8 Å². The molecule has 4 heteroatoms. The third kappa shape index (κ3) is 3.86. The zero-order valence-corrected chi connectivity index (χ0v) is 16.3. The van der Waals surface area contributed by atoms with Crippen LogP contribution in [-0.2, 0) is 11.3 Å². The minimum atomic E-state index is -0.274. The number of benzene rings is 2. The Kier molecular flexibility index (Phi) is 5.56. The average Bonchev–Trinajstić information content (AvgIpc) is 3.11. The van der Waals surface area contributed by atoms with Crippen molar-refractivity contribution in [3.05, 3.63) is 83.2 Å². The molecule has 28 heavy (non-hydrogen) atoms. The van der Waals surface area contributed by atoms with Crippen molar-refractivity contribution in [3.63, 3.8) is 0 Å². The zero-order chi connectivity index (χ0) is 19.3. The van der Waals surface area contributed by atoms with Crippen molar-refractivity contribution in [1.29, 1.82) is 0 Å². The Hall–Kier alpha value is -2.88. The maximum absolute atomic E-state index is 13.1. The summed E-state index contributed by atoms with van der Waals surface area (Å²) in [4.78, 5) is 13.1. The summed E-state index contributed by atoms with van der Waals surface area (Å²) in [6.07, 6.45) is 5.83. The number of esters is 1. The number of rotatable bonds is 5. The number of carbonyl (C=O) groups is 1. The fraction of sp³-hybridized carbons (Fsp3) is 0.333. The molecule has 1 aromatic heterocycles. The molecule has 4 nitrogen and oxygen atoms in total. The van der Waals surface area contributed by atoms with Gasteiger partial charge in [0.15, 0.2) is 0 Å². The van der Waals surface area contributed by atoms with Crippen LogP contribution in [0.4, 0.5) is 0 Å². The van der Waals surface area contributed by atoms with E-state index in [9.17, 15) is 4.79 Å². The molecule has 0 amide bonds. The normalized spacial score (nSPS) is 14.8. The Bertz CT molecular complexity index is 926. The van der Waals surface area contributed by atoms with E-state index in [2.05, 4.69) is 0 Å². The highest BCUT2D eigenvalue weighted by Crippen LogP contribution is 2.35. The van der Waals surface area contributed by atoms with Gasteiger partial charge < -0.3 is 4.74 Å². The van der Waals surface area contributed by atoms with E-state index in [1.54, 1.807) is 0 Å². The second kappa shape index (κ2) is 8.42. The lowest BCUT2D eigenvalue weighted by molar-refractivity contribution is 0.0469. The first-order valence-electron chi connectivity index (χ1n) is 10.1. The van der Waals surface area contributed by atoms with Crippen molar-refractivity contribution in [1.82, 2.24) is 9.78 Å². The van der Waals surface area contributed by atoms with Crippen LogP contribution in [0.1, 0.15) is 65.3 Å². The highest BCUT2D eigenvalue weighted by molar-refractivity contribution is 5.92. The first-order chi connectivity index (χ1) is 13.7. The van der Waals surface area contributed by atoms with Gasteiger partial charge >= 0.3 is 5.97 Å². The van der Waals surface area contributed by atoms with Gasteiger partial charge in [0, 0.05) is 5.92 Å². The molecular weight excluding hydrogens is 348 g/mol. The third-order valence-corrected chi connectivity index (χ3v) is 5.55. The van der Waals surface area contributed by atoms with E-state index in [0.29, 0.717) is 11.5 Å². The fourth-order valence-corrected chi connectivity index (χ4v) is 4.05. The van der Waals surface area contributed by atoms with Gasteiger partial charge in [-0.3, -0.25) is 0 Å². The molecule has 2 aromatic carbocycles. The summed E-state index contributed by atoms with van der Waals surface area (Å²) < 4.78 is 7.58. The summed E-state index contributed by atoms with van der Waals surface area (Å²) in [5, 5.41) is 4.90. The summed E-state index contributed by atoms with van der Waals surface area (Å²) in [6.45, 7) is 2.24. The molecule has 0 saturated heterocycles. The maximum Gasteiger partial charge on any atom is 0.342 e. The van der Waals surface area contributed by atoms with Gasteiger partial charge in [0.1, 0.15) is 12.2 Å². The summed E-state index contributed by atoms with van der Waals surface area (Å²) >= 11 is 0. The number of para-hydroxylation sites is 1. The first kappa shape index (κ1) is 18.5. The van der Waals surface area contributed by atoms with Gasteiger partial charge in [0.2, 0.25) is 0 Å². The van der Waals surface area contributed by atoms with Crippen LogP contribution in [0.25, 0.3) is 5.69 Å². The van der Waals surface area contributed by atoms with Crippen molar-refractivity contribution < 1.29 is 9.53 Å². The number of hydrogen-bond donors (Lipinski definition) is 0. The Labute approximate surface area is 166 Å². The molecule has 4 rings (SSSR count). The number of carbonyl (C=O) groups excluding carboxylic acids is 1. The number of hydrogen-bond acceptors (Lipinski definition) is 3. The topological polar surface area (TPSA) is 44.1 Å². The summed E-state index contributed by atoms with van der Waals surface area (Å²) in [5.74, 6) is 0.0563. The Morgan fingerprint density at radius 3 is 2.32 bits per heavy atom. The molecule has 1 saturated carbocycles. The second-order valence-corrected chi connectivity index (χ2v) is 7.49. The van der Waals surface area contributed by atoms with Crippen LogP contribution < -0.4 is 0 Å². The SMILES string of the molecule is Cc1c(C(=O)OCc2ccccc2)c(C2CCCCC2)nn1-c1ccccc1. The number of ether oxygens (including phenoxy) is 1. The van der Waals surface area contributed by atoms with Crippen LogP contribution >= 0.6 is 0 Å². The van der Waals surface area contributed by atoms with Crippen molar-refractivity contribution in [3.8, 4) is 5.69 Å². The quantitative estimate of drug-likeness (QED) is 0.547. The molecule has 0 unspecified atom stereocenters. The van der Waals surface area contributed by atoms with Crippen LogP contribution in [-0.4, -0.2) is 15.7 Å². The molecule has 0 bridgehead atoms. The second-order valence-electron chi connectivity index (χ2n) is 7.49. The van der Waals surface area contributed by atoms with Crippen LogP contribution in [0.3, 0.4) is 0 Å². The molecular formula is C24H26N2O2. The van der Waals surface area contributed by atoms with E-state index in [1.165, 1.54) is 19.3 Å². The monoisotopic (exact) mass is 374 g/mol. The summed E-state index contributed by atoms with van der Waals surface area (Å²) in [5.41, 5.74) is 4.36. The highest BCUT2D eigenvalue weighted by Gasteiger charge is 2.29. The average molecular weight is 374 g/mol. The highest BCUT2D eigenvalue weighted by atomic mass is 16.5. The molecule has 1 fully saturated rings. The van der Waals surface area contributed by atoms with Crippen LogP contribution in [0.15, 0.2) is 60.7 Å². The molecule has 0 N–H and O–H groups in total. The fourth-order valence-electron chi connectivity index (χ4n) is 4.05. The maximum atomic E-state index is 13.1. The van der Waals surface area contributed by atoms with Gasteiger partial charge in [0.05, 0.1) is 17.1 Å². The molecule has 1 aliphatic rings. The molecule has 0 atom stereocenters. The van der Waals surface area contributed by atoms with E-state index >= 15 is 0 Å². The molecule has 3 aromatic rings. The molecule has 0 aliphatic heterocycles. The number of nitrogens with zero attached hydrogens (tertiary/aromatic N) is 2. The van der Waals surface area contributed by atoms with Gasteiger partial charge in [-0.25, -0.2) is 9.48 Å². The Balaban J connectivity index is 1.67. The Morgan fingerprint density at radius 2 is 1.64 bits per heavy atom. The van der Waals surface area contributed by atoms with Gasteiger partial charge in [-0.05, 0) is 37.5 Å². The van der Waals surface area contributed by atoms with Crippen LogP contribution in [0, 0.1) is 6.92 Å². The molecule has 0 spiro atoms. The number of aromatic nitrogens is 2. The molecule has 144 valence electrons. The van der Waals surface area contributed by atoms with E-state index < -0.39 is 0 Å². The summed E-state index contributed by atoms with van der Waals surface area (Å²) in [6, 6.07) is 19.8. The largest absolute Gasteiger partial charge is 0.457 e. The van der Waals surface area contributed by atoms with Gasteiger partial charge in [0.25, 0.3) is 0 Å². The lowest BCUT2D eigenvalue weighted by Crippen LogP contribution is -2.13. The predicted molar refractivity (Wildman–Crippen MR) is 110 cm³/mol. The van der Waals surface area contributed by atoms with Crippen molar-refractivity contribution in [2.45, 2.75) is 51.6 Å². The summed E-state index contributed by atoms with van der Waals surface area (Å²) in [7, 11) is 0. The van der Waals surface area contributed by atoms with Crippen LogP contribution in [0.5, 0.6) is 0 Å². The molecule has 0 radical (unpaired) electrons. The standard InChI is InChI=1S/C24H26N2O2/c1-18-22(24(27)28-17-19-11-5-2-6-12-19)23(20-13-7-3-8-14-20)25-26(18)21-15-9-4-10-16-21/h2,4-6,9-12,15-16,20H,3,7-8,13-14,17H2,1H3. The van der Waals surface area contributed by atoms with E-state index in [0.717, 1.165) is 35.5 Å². The van der Waals surface area contributed by atoms with Crippen molar-refractivity contribution in [2.24, 2.45) is 0 Å². The minimum absolute atomic E-state index is 0.274. The third-order valence-electron chi connectivity index (χ3n) is 5.55. The van der Waals surface area contributed by atoms with Crippen LogP contribution in [0.2, 0.25) is 0 Å². The van der Waals surface area contributed by atoms with E-state index in [1.807, 2.05) is 72.3 Å². The van der Waals surface area contributed by atoms with Crippen molar-refractivity contribution >= 4 is 5.97 Å². The van der Waals surface area contributed by atoms with Crippen molar-refractivity contribution in [2.75, 3.05) is 0 Å². The minimum Gasteiger partial charge on any atom is -0.457 e.